The van der Waals surface area contributed by atoms with Crippen molar-refractivity contribution < 1.29 is 24.2 Å². The smallest absolute Gasteiger partial charge is 0.330 e. The molecule has 1 aliphatic heterocycles. The molecule has 1 aliphatic rings. The maximum atomic E-state index is 12.3. The van der Waals surface area contributed by atoms with E-state index in [4.69, 9.17) is 0 Å². The number of aliphatic hydroxyl groups is 1. The molecule has 3 N–H and O–H groups in total. The second-order valence-electron chi connectivity index (χ2n) is 5.85. The van der Waals surface area contributed by atoms with Gasteiger partial charge < -0.3 is 25.4 Å². The van der Waals surface area contributed by atoms with Crippen molar-refractivity contribution in [2.24, 2.45) is 5.92 Å². The molecule has 2 rings (SSSR count). The second kappa shape index (κ2) is 9.03. The summed E-state index contributed by atoms with van der Waals surface area (Å²) in [5.74, 6) is -1.51. The van der Waals surface area contributed by atoms with Gasteiger partial charge in [0.1, 0.15) is 0 Å². The molecule has 1 aromatic rings. The predicted molar refractivity (Wildman–Crippen MR) is 90.8 cm³/mol. The predicted octanol–water partition coefficient (Wildman–Crippen LogP) is 0.581. The molecule has 0 radical (unpaired) electrons. The molecule has 1 saturated heterocycles. The Labute approximate surface area is 146 Å². The van der Waals surface area contributed by atoms with E-state index < -0.39 is 24.5 Å². The van der Waals surface area contributed by atoms with Crippen LogP contribution in [0.3, 0.4) is 0 Å². The third kappa shape index (κ3) is 5.18. The first-order valence-electron chi connectivity index (χ1n) is 8.15. The number of aliphatic hydroxyl groups excluding tert-OH is 1. The molecule has 0 aliphatic carbocycles. The Kier molecular flexibility index (Phi) is 6.76. The molecule has 8 nitrogen and oxygen atoms in total. The average molecular weight is 349 g/mol. The molecule has 1 aromatic carbocycles. The normalized spacial score (nSPS) is 18.2. The summed E-state index contributed by atoms with van der Waals surface area (Å²) in [6.45, 7) is 0.274. The largest absolute Gasteiger partial charge is 0.467 e. The fourth-order valence-electron chi connectivity index (χ4n) is 2.71. The zero-order valence-corrected chi connectivity index (χ0v) is 14.1. The Morgan fingerprint density at radius 2 is 2.04 bits per heavy atom. The maximum absolute atomic E-state index is 12.3. The summed E-state index contributed by atoms with van der Waals surface area (Å²) in [4.78, 5) is 37.7. The van der Waals surface area contributed by atoms with Gasteiger partial charge in [-0.05, 0) is 25.0 Å². The number of piperidine rings is 1. The van der Waals surface area contributed by atoms with Crippen LogP contribution in [0.1, 0.15) is 12.8 Å². The highest BCUT2D eigenvalue weighted by atomic mass is 16.5. The molecule has 0 aromatic heterocycles. The van der Waals surface area contributed by atoms with Crippen LogP contribution in [0.25, 0.3) is 0 Å². The fraction of sp³-hybridized carbons (Fsp3) is 0.471. The van der Waals surface area contributed by atoms with E-state index in [1.54, 1.807) is 17.0 Å². The zero-order valence-electron chi connectivity index (χ0n) is 14.1. The summed E-state index contributed by atoms with van der Waals surface area (Å²) in [5.41, 5.74) is 0.685. The highest BCUT2D eigenvalue weighted by Gasteiger charge is 2.31. The summed E-state index contributed by atoms with van der Waals surface area (Å²) < 4.78 is 4.53. The van der Waals surface area contributed by atoms with Crippen molar-refractivity contribution >= 4 is 23.6 Å². The molecule has 0 unspecified atom stereocenters. The van der Waals surface area contributed by atoms with Gasteiger partial charge in [-0.3, -0.25) is 4.79 Å². The molecule has 1 heterocycles. The number of benzene rings is 1. The Balaban J connectivity index is 1.92. The lowest BCUT2D eigenvalue weighted by Crippen LogP contribution is -2.51. The number of carbonyl (C=O) groups excluding carboxylic acids is 3. The minimum Gasteiger partial charge on any atom is -0.467 e. The number of para-hydroxylation sites is 1. The lowest BCUT2D eigenvalue weighted by Gasteiger charge is -2.32. The standard InChI is InChI=1S/C17H23N3O5/c1-25-16(23)14(11-21)19-15(22)12-6-5-9-20(10-12)17(24)18-13-7-3-2-4-8-13/h2-4,7-8,12,14,21H,5-6,9-11H2,1H3,(H,18,24)(H,19,22)/t12-,14-/m1/s1. The van der Waals surface area contributed by atoms with Crippen molar-refractivity contribution in [1.82, 2.24) is 10.2 Å². The number of rotatable bonds is 5. The van der Waals surface area contributed by atoms with Crippen LogP contribution in [0.2, 0.25) is 0 Å². The number of amides is 3. The summed E-state index contributed by atoms with van der Waals surface area (Å²) in [5, 5.41) is 14.5. The van der Waals surface area contributed by atoms with Gasteiger partial charge in [-0.25, -0.2) is 9.59 Å². The van der Waals surface area contributed by atoms with Gasteiger partial charge in [-0.2, -0.15) is 0 Å². The molecular formula is C17H23N3O5. The van der Waals surface area contributed by atoms with Crippen LogP contribution in [0, 0.1) is 5.92 Å². The minimum absolute atomic E-state index is 0.254. The molecule has 1 fully saturated rings. The lowest BCUT2D eigenvalue weighted by molar-refractivity contribution is -0.147. The van der Waals surface area contributed by atoms with Crippen molar-refractivity contribution in [3.05, 3.63) is 30.3 Å². The van der Waals surface area contributed by atoms with Gasteiger partial charge in [0.2, 0.25) is 5.91 Å². The first-order chi connectivity index (χ1) is 12.0. The van der Waals surface area contributed by atoms with Gasteiger partial charge in [-0.1, -0.05) is 18.2 Å². The zero-order chi connectivity index (χ0) is 18.2. The van der Waals surface area contributed by atoms with Crippen LogP contribution < -0.4 is 10.6 Å². The average Bonchev–Trinajstić information content (AvgIpc) is 2.66. The van der Waals surface area contributed by atoms with Gasteiger partial charge in [-0.15, -0.1) is 0 Å². The van der Waals surface area contributed by atoms with Crippen molar-refractivity contribution in [3.63, 3.8) is 0 Å². The van der Waals surface area contributed by atoms with Gasteiger partial charge in [0.25, 0.3) is 0 Å². The van der Waals surface area contributed by atoms with Crippen LogP contribution in [0.4, 0.5) is 10.5 Å². The number of urea groups is 1. The summed E-state index contributed by atoms with van der Waals surface area (Å²) in [6, 6.07) is 7.72. The van der Waals surface area contributed by atoms with E-state index in [2.05, 4.69) is 15.4 Å². The third-order valence-corrected chi connectivity index (χ3v) is 4.09. The molecule has 0 spiro atoms. The Bertz CT molecular complexity index is 608. The highest BCUT2D eigenvalue weighted by Crippen LogP contribution is 2.18. The number of methoxy groups -OCH3 is 1. The van der Waals surface area contributed by atoms with Gasteiger partial charge >= 0.3 is 12.0 Å². The molecule has 3 amide bonds. The van der Waals surface area contributed by atoms with E-state index in [-0.39, 0.29) is 18.5 Å². The number of nitrogens with zero attached hydrogens (tertiary/aromatic N) is 1. The van der Waals surface area contributed by atoms with Gasteiger partial charge in [0.05, 0.1) is 19.6 Å². The number of nitrogens with one attached hydrogen (secondary N) is 2. The van der Waals surface area contributed by atoms with E-state index in [9.17, 15) is 19.5 Å². The first kappa shape index (κ1) is 18.7. The lowest BCUT2D eigenvalue weighted by atomic mass is 9.97. The first-order valence-corrected chi connectivity index (χ1v) is 8.15. The number of carbonyl (C=O) groups is 3. The number of hydrogen-bond acceptors (Lipinski definition) is 5. The van der Waals surface area contributed by atoms with Crippen LogP contribution in [0.5, 0.6) is 0 Å². The van der Waals surface area contributed by atoms with Crippen LogP contribution in [-0.4, -0.2) is 60.8 Å². The Hall–Kier alpha value is -2.61. The van der Waals surface area contributed by atoms with Crippen LogP contribution in [-0.2, 0) is 14.3 Å². The van der Waals surface area contributed by atoms with E-state index in [1.807, 2.05) is 18.2 Å². The Morgan fingerprint density at radius 3 is 2.68 bits per heavy atom. The van der Waals surface area contributed by atoms with Crippen LogP contribution >= 0.6 is 0 Å². The number of ether oxygens (including phenoxy) is 1. The minimum atomic E-state index is -1.09. The summed E-state index contributed by atoms with van der Waals surface area (Å²) in [7, 11) is 1.19. The number of hydrogen-bond donors (Lipinski definition) is 3. The highest BCUT2D eigenvalue weighted by molar-refractivity contribution is 5.90. The van der Waals surface area contributed by atoms with E-state index in [0.29, 0.717) is 25.1 Å². The molecule has 8 heteroatoms. The topological polar surface area (TPSA) is 108 Å². The summed E-state index contributed by atoms with van der Waals surface area (Å²) >= 11 is 0. The number of likely N-dealkylation sites (tertiary alicyclic amines) is 1. The van der Waals surface area contributed by atoms with Crippen molar-refractivity contribution in [2.75, 3.05) is 32.1 Å². The van der Waals surface area contributed by atoms with E-state index >= 15 is 0 Å². The fourth-order valence-corrected chi connectivity index (χ4v) is 2.71. The van der Waals surface area contributed by atoms with Crippen molar-refractivity contribution in [2.45, 2.75) is 18.9 Å². The monoisotopic (exact) mass is 349 g/mol. The van der Waals surface area contributed by atoms with Crippen molar-refractivity contribution in [3.8, 4) is 0 Å². The molecule has 0 saturated carbocycles. The van der Waals surface area contributed by atoms with Crippen LogP contribution in [0.15, 0.2) is 30.3 Å². The van der Waals surface area contributed by atoms with Gasteiger partial charge in [0.15, 0.2) is 6.04 Å². The van der Waals surface area contributed by atoms with Gasteiger partial charge in [0, 0.05) is 18.8 Å². The SMILES string of the molecule is COC(=O)[C@@H](CO)NC(=O)[C@@H]1CCCN(C(=O)Nc2ccccc2)C1. The molecule has 25 heavy (non-hydrogen) atoms. The quantitative estimate of drug-likeness (QED) is 0.674. The molecule has 2 atom stereocenters. The maximum Gasteiger partial charge on any atom is 0.330 e. The molecular weight excluding hydrogens is 326 g/mol. The third-order valence-electron chi connectivity index (χ3n) is 4.09. The molecule has 0 bridgehead atoms. The second-order valence-corrected chi connectivity index (χ2v) is 5.85. The van der Waals surface area contributed by atoms with E-state index in [1.165, 1.54) is 7.11 Å². The summed E-state index contributed by atoms with van der Waals surface area (Å²) in [6.07, 6.45) is 1.29. The van der Waals surface area contributed by atoms with E-state index in [0.717, 1.165) is 0 Å². The molecule has 136 valence electrons. The van der Waals surface area contributed by atoms with Crippen molar-refractivity contribution in [1.29, 1.82) is 0 Å². The Morgan fingerprint density at radius 1 is 1.32 bits per heavy atom. The number of esters is 1. The number of anilines is 1.